The number of nitrogens with one attached hydrogen (secondary N) is 2. The fourth-order valence-electron chi connectivity index (χ4n) is 3.83. The van der Waals surface area contributed by atoms with Crippen molar-refractivity contribution >= 4 is 29.0 Å². The van der Waals surface area contributed by atoms with Gasteiger partial charge in [-0.05, 0) is 47.5 Å². The Morgan fingerprint density at radius 1 is 0.946 bits per heavy atom. The first kappa shape index (κ1) is 25.8. The summed E-state index contributed by atoms with van der Waals surface area (Å²) in [6.07, 6.45) is 0. The third-order valence-electron chi connectivity index (χ3n) is 5.71. The standard InChI is InChI=1S/C29H27N3O4S/c1-36-28-10-6-5-9-25(28)22-12-14-23(15-13-22)29(33)31-20-21-11-16-26(27(19-21)32(34)35)30-17-18-37-24-7-3-2-4-8-24/h2-16,19,30H,17-18,20H2,1H3,(H,31,33). The van der Waals surface area contributed by atoms with Gasteiger partial charge >= 0.3 is 0 Å². The number of hydrogen-bond donors (Lipinski definition) is 2. The molecule has 37 heavy (non-hydrogen) atoms. The highest BCUT2D eigenvalue weighted by atomic mass is 32.2. The second kappa shape index (κ2) is 12.6. The molecule has 0 heterocycles. The Balaban J connectivity index is 1.34. The quantitative estimate of drug-likeness (QED) is 0.104. The fourth-order valence-corrected chi connectivity index (χ4v) is 4.62. The van der Waals surface area contributed by atoms with E-state index in [4.69, 9.17) is 4.74 Å². The zero-order valence-corrected chi connectivity index (χ0v) is 21.2. The number of carbonyl (C=O) groups is 1. The second-order valence-corrected chi connectivity index (χ2v) is 9.33. The lowest BCUT2D eigenvalue weighted by atomic mass is 10.0. The summed E-state index contributed by atoms with van der Waals surface area (Å²) in [5, 5.41) is 17.6. The molecule has 0 unspecified atom stereocenters. The van der Waals surface area contributed by atoms with Gasteiger partial charge in [-0.2, -0.15) is 0 Å². The third kappa shape index (κ3) is 6.89. The molecule has 0 aliphatic heterocycles. The number of nitro benzene ring substituents is 1. The first-order chi connectivity index (χ1) is 18.0. The van der Waals surface area contributed by atoms with Gasteiger partial charge in [0.05, 0.1) is 12.0 Å². The zero-order chi connectivity index (χ0) is 26.0. The number of ether oxygens (including phenoxy) is 1. The van der Waals surface area contributed by atoms with Crippen molar-refractivity contribution in [3.63, 3.8) is 0 Å². The monoisotopic (exact) mass is 513 g/mol. The molecule has 0 aliphatic rings. The van der Waals surface area contributed by atoms with Crippen LogP contribution in [0.15, 0.2) is 102 Å². The fraction of sp³-hybridized carbons (Fsp3) is 0.138. The van der Waals surface area contributed by atoms with Crippen molar-refractivity contribution in [3.05, 3.63) is 118 Å². The van der Waals surface area contributed by atoms with Crippen LogP contribution < -0.4 is 15.4 Å². The van der Waals surface area contributed by atoms with Crippen LogP contribution in [-0.4, -0.2) is 30.2 Å². The lowest BCUT2D eigenvalue weighted by Crippen LogP contribution is -2.22. The number of benzene rings is 4. The van der Waals surface area contributed by atoms with Gasteiger partial charge in [0, 0.05) is 40.9 Å². The number of nitro groups is 1. The van der Waals surface area contributed by atoms with E-state index in [0.717, 1.165) is 27.5 Å². The van der Waals surface area contributed by atoms with Gasteiger partial charge in [-0.1, -0.05) is 54.6 Å². The largest absolute Gasteiger partial charge is 0.496 e. The highest BCUT2D eigenvalue weighted by Crippen LogP contribution is 2.30. The highest BCUT2D eigenvalue weighted by Gasteiger charge is 2.15. The van der Waals surface area contributed by atoms with Gasteiger partial charge in [-0.25, -0.2) is 0 Å². The Morgan fingerprint density at radius 3 is 2.41 bits per heavy atom. The molecule has 0 aliphatic carbocycles. The molecular formula is C29H27N3O4S. The minimum Gasteiger partial charge on any atom is -0.496 e. The Labute approximate surface area is 220 Å². The second-order valence-electron chi connectivity index (χ2n) is 8.16. The molecule has 0 bridgehead atoms. The van der Waals surface area contributed by atoms with E-state index < -0.39 is 4.92 Å². The van der Waals surface area contributed by atoms with E-state index >= 15 is 0 Å². The summed E-state index contributed by atoms with van der Waals surface area (Å²) in [6, 6.07) is 29.9. The summed E-state index contributed by atoms with van der Waals surface area (Å²) >= 11 is 1.68. The van der Waals surface area contributed by atoms with E-state index in [1.54, 1.807) is 43.1 Å². The molecule has 2 N–H and O–H groups in total. The van der Waals surface area contributed by atoms with Crippen LogP contribution in [0, 0.1) is 10.1 Å². The smallest absolute Gasteiger partial charge is 0.292 e. The Morgan fingerprint density at radius 2 is 1.68 bits per heavy atom. The normalized spacial score (nSPS) is 10.5. The number of anilines is 1. The first-order valence-electron chi connectivity index (χ1n) is 11.8. The summed E-state index contributed by atoms with van der Waals surface area (Å²) in [7, 11) is 1.62. The number of thioether (sulfide) groups is 1. The van der Waals surface area contributed by atoms with Crippen molar-refractivity contribution in [1.82, 2.24) is 5.32 Å². The van der Waals surface area contributed by atoms with Crippen molar-refractivity contribution in [1.29, 1.82) is 0 Å². The summed E-state index contributed by atoms with van der Waals surface area (Å²) in [5.74, 6) is 1.28. The molecule has 188 valence electrons. The molecule has 4 aromatic carbocycles. The van der Waals surface area contributed by atoms with Gasteiger partial charge in [0.15, 0.2) is 0 Å². The summed E-state index contributed by atoms with van der Waals surface area (Å²) < 4.78 is 5.41. The van der Waals surface area contributed by atoms with E-state index in [9.17, 15) is 14.9 Å². The molecule has 0 atom stereocenters. The van der Waals surface area contributed by atoms with E-state index in [1.165, 1.54) is 6.07 Å². The Bertz CT molecular complexity index is 1360. The van der Waals surface area contributed by atoms with Gasteiger partial charge in [-0.3, -0.25) is 14.9 Å². The maximum atomic E-state index is 12.7. The highest BCUT2D eigenvalue weighted by molar-refractivity contribution is 7.99. The molecule has 4 rings (SSSR count). The van der Waals surface area contributed by atoms with Crippen LogP contribution in [0.2, 0.25) is 0 Å². The maximum absolute atomic E-state index is 12.7. The van der Waals surface area contributed by atoms with E-state index in [-0.39, 0.29) is 18.1 Å². The number of carbonyl (C=O) groups excluding carboxylic acids is 1. The van der Waals surface area contributed by atoms with Crippen LogP contribution in [0.3, 0.4) is 0 Å². The predicted octanol–water partition coefficient (Wildman–Crippen LogP) is 6.40. The number of para-hydroxylation sites is 1. The van der Waals surface area contributed by atoms with Gasteiger partial charge in [0.2, 0.25) is 0 Å². The molecule has 4 aromatic rings. The van der Waals surface area contributed by atoms with Crippen LogP contribution in [0.25, 0.3) is 11.1 Å². The van der Waals surface area contributed by atoms with Gasteiger partial charge < -0.3 is 15.4 Å². The van der Waals surface area contributed by atoms with Crippen LogP contribution in [0.5, 0.6) is 5.75 Å². The Kier molecular flexibility index (Phi) is 8.78. The molecule has 0 spiro atoms. The average Bonchev–Trinajstić information content (AvgIpc) is 2.95. The van der Waals surface area contributed by atoms with Crippen LogP contribution in [0.1, 0.15) is 15.9 Å². The van der Waals surface area contributed by atoms with Crippen molar-refractivity contribution in [2.24, 2.45) is 0 Å². The van der Waals surface area contributed by atoms with Crippen molar-refractivity contribution in [3.8, 4) is 16.9 Å². The third-order valence-corrected chi connectivity index (χ3v) is 6.72. The topological polar surface area (TPSA) is 93.5 Å². The van der Waals surface area contributed by atoms with E-state index in [0.29, 0.717) is 23.4 Å². The molecule has 0 saturated carbocycles. The molecule has 0 radical (unpaired) electrons. The van der Waals surface area contributed by atoms with Crippen molar-refractivity contribution in [2.45, 2.75) is 11.4 Å². The lowest BCUT2D eigenvalue weighted by Gasteiger charge is -2.11. The van der Waals surface area contributed by atoms with Crippen molar-refractivity contribution in [2.75, 3.05) is 24.7 Å². The number of amides is 1. The SMILES string of the molecule is COc1ccccc1-c1ccc(C(=O)NCc2ccc(NCCSc3ccccc3)c([N+](=O)[O-])c2)cc1. The maximum Gasteiger partial charge on any atom is 0.292 e. The molecule has 0 saturated heterocycles. The molecule has 7 nitrogen and oxygen atoms in total. The zero-order valence-electron chi connectivity index (χ0n) is 20.3. The first-order valence-corrected chi connectivity index (χ1v) is 12.7. The average molecular weight is 514 g/mol. The minimum atomic E-state index is -0.408. The number of rotatable bonds is 11. The Hall–Kier alpha value is -4.30. The number of hydrogen-bond acceptors (Lipinski definition) is 6. The number of methoxy groups -OCH3 is 1. The molecule has 0 aromatic heterocycles. The van der Waals surface area contributed by atoms with Gasteiger partial charge in [0.25, 0.3) is 11.6 Å². The minimum absolute atomic E-state index is 0.0161. The molecule has 0 fully saturated rings. The van der Waals surface area contributed by atoms with E-state index in [1.807, 2.05) is 66.7 Å². The summed E-state index contributed by atoms with van der Waals surface area (Å²) in [4.78, 5) is 25.1. The summed E-state index contributed by atoms with van der Waals surface area (Å²) in [5.41, 5.74) is 3.47. The summed E-state index contributed by atoms with van der Waals surface area (Å²) in [6.45, 7) is 0.763. The van der Waals surface area contributed by atoms with Crippen LogP contribution in [0.4, 0.5) is 11.4 Å². The molecular weight excluding hydrogens is 486 g/mol. The molecule has 1 amide bonds. The van der Waals surface area contributed by atoms with Gasteiger partial charge in [-0.15, -0.1) is 11.8 Å². The van der Waals surface area contributed by atoms with Crippen molar-refractivity contribution < 1.29 is 14.5 Å². The van der Waals surface area contributed by atoms with Gasteiger partial charge in [0.1, 0.15) is 11.4 Å². The van der Waals surface area contributed by atoms with Crippen LogP contribution >= 0.6 is 11.8 Å². The number of nitrogens with zero attached hydrogens (tertiary/aromatic N) is 1. The molecule has 8 heteroatoms. The lowest BCUT2D eigenvalue weighted by molar-refractivity contribution is -0.384. The predicted molar refractivity (Wildman–Crippen MR) is 148 cm³/mol. The van der Waals surface area contributed by atoms with Crippen LogP contribution in [-0.2, 0) is 6.54 Å². The van der Waals surface area contributed by atoms with E-state index in [2.05, 4.69) is 10.6 Å².